The predicted octanol–water partition coefficient (Wildman–Crippen LogP) is 1.11. The summed E-state index contributed by atoms with van der Waals surface area (Å²) in [6, 6.07) is 0. The lowest BCUT2D eigenvalue weighted by molar-refractivity contribution is -0.122. The maximum atomic E-state index is 10.9. The van der Waals surface area contributed by atoms with Crippen LogP contribution in [0.3, 0.4) is 0 Å². The van der Waals surface area contributed by atoms with Crippen LogP contribution in [0.1, 0.15) is 32.1 Å². The monoisotopic (exact) mass is 168 g/mol. The van der Waals surface area contributed by atoms with Gasteiger partial charge in [-0.2, -0.15) is 0 Å². The van der Waals surface area contributed by atoms with Crippen LogP contribution >= 0.6 is 0 Å². The predicted molar refractivity (Wildman–Crippen MR) is 48.0 cm³/mol. The van der Waals surface area contributed by atoms with E-state index in [4.69, 9.17) is 5.84 Å². The van der Waals surface area contributed by atoms with Crippen molar-refractivity contribution in [2.75, 3.05) is 0 Å². The first-order valence-corrected chi connectivity index (χ1v) is 4.47. The van der Waals surface area contributed by atoms with Gasteiger partial charge in [0.25, 0.3) is 0 Å². The highest BCUT2D eigenvalue weighted by molar-refractivity contribution is 5.75. The lowest BCUT2D eigenvalue weighted by Gasteiger charge is -2.11. The molecule has 0 aliphatic heterocycles. The normalized spacial score (nSPS) is 18.8. The van der Waals surface area contributed by atoms with Gasteiger partial charge in [0.15, 0.2) is 0 Å². The topological polar surface area (TPSA) is 55.1 Å². The molecule has 0 spiro atoms. The van der Waals surface area contributed by atoms with E-state index in [1.807, 2.05) is 0 Å². The summed E-state index contributed by atoms with van der Waals surface area (Å²) < 4.78 is 0. The molecule has 1 rings (SSSR count). The van der Waals surface area contributed by atoms with Crippen LogP contribution in [-0.2, 0) is 4.79 Å². The Labute approximate surface area is 73.0 Å². The van der Waals surface area contributed by atoms with Crippen molar-refractivity contribution >= 4 is 5.91 Å². The summed E-state index contributed by atoms with van der Waals surface area (Å²) in [7, 11) is 0. The molecule has 3 heteroatoms. The molecule has 0 aromatic heterocycles. The summed E-state index contributed by atoms with van der Waals surface area (Å²) >= 11 is 0. The van der Waals surface area contributed by atoms with Crippen molar-refractivity contribution in [2.24, 2.45) is 11.8 Å². The van der Waals surface area contributed by atoms with Crippen LogP contribution in [-0.4, -0.2) is 5.91 Å². The molecule has 0 aromatic rings. The van der Waals surface area contributed by atoms with Gasteiger partial charge in [0.1, 0.15) is 0 Å². The highest BCUT2D eigenvalue weighted by Crippen LogP contribution is 2.21. The van der Waals surface area contributed by atoms with E-state index in [-0.39, 0.29) is 5.91 Å². The van der Waals surface area contributed by atoms with Crippen LogP contribution in [0.25, 0.3) is 0 Å². The van der Waals surface area contributed by atoms with Crippen LogP contribution in [0.15, 0.2) is 12.2 Å². The van der Waals surface area contributed by atoms with Gasteiger partial charge in [0.2, 0.25) is 5.91 Å². The number of carbonyl (C=O) groups is 1. The molecule has 0 bridgehead atoms. The average Bonchev–Trinajstić information content (AvgIpc) is 2.33. The number of rotatable bonds is 2. The SMILES string of the molecule is NNC(=O)CC1CCC=CCC1. The van der Waals surface area contributed by atoms with Crippen molar-refractivity contribution < 1.29 is 4.79 Å². The molecule has 0 heterocycles. The van der Waals surface area contributed by atoms with Crippen molar-refractivity contribution in [3.63, 3.8) is 0 Å². The van der Waals surface area contributed by atoms with E-state index >= 15 is 0 Å². The molecule has 0 atom stereocenters. The third-order valence-electron chi connectivity index (χ3n) is 2.28. The third-order valence-corrected chi connectivity index (χ3v) is 2.28. The molecule has 0 unspecified atom stereocenters. The largest absolute Gasteiger partial charge is 0.294 e. The van der Waals surface area contributed by atoms with Crippen LogP contribution in [0, 0.1) is 5.92 Å². The van der Waals surface area contributed by atoms with Gasteiger partial charge in [-0.25, -0.2) is 5.84 Å². The van der Waals surface area contributed by atoms with Crippen molar-refractivity contribution in [3.8, 4) is 0 Å². The fraction of sp³-hybridized carbons (Fsp3) is 0.667. The summed E-state index contributed by atoms with van der Waals surface area (Å²) in [5.41, 5.74) is 2.17. The number of carbonyl (C=O) groups excluding carboxylic acids is 1. The lowest BCUT2D eigenvalue weighted by atomic mass is 9.96. The summed E-state index contributed by atoms with van der Waals surface area (Å²) in [6.45, 7) is 0. The molecule has 68 valence electrons. The number of nitrogens with one attached hydrogen (secondary N) is 1. The number of amides is 1. The van der Waals surface area contributed by atoms with E-state index < -0.39 is 0 Å². The van der Waals surface area contributed by atoms with E-state index in [0.717, 1.165) is 25.7 Å². The Morgan fingerprint density at radius 2 is 2.00 bits per heavy atom. The van der Waals surface area contributed by atoms with Crippen molar-refractivity contribution in [3.05, 3.63) is 12.2 Å². The van der Waals surface area contributed by atoms with Crippen LogP contribution < -0.4 is 11.3 Å². The molecule has 1 aliphatic rings. The molecular weight excluding hydrogens is 152 g/mol. The summed E-state index contributed by atoms with van der Waals surface area (Å²) in [4.78, 5) is 10.9. The maximum Gasteiger partial charge on any atom is 0.234 e. The van der Waals surface area contributed by atoms with E-state index in [1.54, 1.807) is 0 Å². The lowest BCUT2D eigenvalue weighted by Crippen LogP contribution is -2.31. The van der Waals surface area contributed by atoms with E-state index in [9.17, 15) is 4.79 Å². The molecule has 0 fully saturated rings. The zero-order chi connectivity index (χ0) is 8.81. The number of hydrazine groups is 1. The highest BCUT2D eigenvalue weighted by Gasteiger charge is 2.12. The minimum absolute atomic E-state index is 0.0399. The second-order valence-corrected chi connectivity index (χ2v) is 3.26. The van der Waals surface area contributed by atoms with E-state index in [0.29, 0.717) is 12.3 Å². The van der Waals surface area contributed by atoms with Crippen molar-refractivity contribution in [2.45, 2.75) is 32.1 Å². The van der Waals surface area contributed by atoms with Gasteiger partial charge in [-0.05, 0) is 31.6 Å². The highest BCUT2D eigenvalue weighted by atomic mass is 16.2. The molecule has 12 heavy (non-hydrogen) atoms. The Morgan fingerprint density at radius 1 is 1.42 bits per heavy atom. The number of hydrogen-bond donors (Lipinski definition) is 2. The average molecular weight is 168 g/mol. The van der Waals surface area contributed by atoms with Crippen molar-refractivity contribution in [1.82, 2.24) is 5.43 Å². The Morgan fingerprint density at radius 3 is 2.50 bits per heavy atom. The van der Waals surface area contributed by atoms with Gasteiger partial charge in [0.05, 0.1) is 0 Å². The van der Waals surface area contributed by atoms with Gasteiger partial charge in [0, 0.05) is 6.42 Å². The molecule has 1 aliphatic carbocycles. The van der Waals surface area contributed by atoms with Gasteiger partial charge in [-0.15, -0.1) is 0 Å². The first kappa shape index (κ1) is 9.26. The minimum Gasteiger partial charge on any atom is -0.294 e. The zero-order valence-corrected chi connectivity index (χ0v) is 7.25. The molecule has 0 saturated heterocycles. The van der Waals surface area contributed by atoms with Crippen molar-refractivity contribution in [1.29, 1.82) is 0 Å². The number of allylic oxidation sites excluding steroid dienone is 2. The van der Waals surface area contributed by atoms with Crippen LogP contribution in [0.5, 0.6) is 0 Å². The first-order chi connectivity index (χ1) is 5.83. The van der Waals surface area contributed by atoms with Gasteiger partial charge >= 0.3 is 0 Å². The van der Waals surface area contributed by atoms with Gasteiger partial charge in [-0.1, -0.05) is 12.2 Å². The fourth-order valence-corrected chi connectivity index (χ4v) is 1.57. The molecule has 0 radical (unpaired) electrons. The Balaban J connectivity index is 2.27. The van der Waals surface area contributed by atoms with E-state index in [1.165, 1.54) is 0 Å². The zero-order valence-electron chi connectivity index (χ0n) is 7.25. The quantitative estimate of drug-likeness (QED) is 0.281. The molecular formula is C9H16N2O. The Bertz CT molecular complexity index is 167. The number of hydrogen-bond acceptors (Lipinski definition) is 2. The Hall–Kier alpha value is -0.830. The smallest absolute Gasteiger partial charge is 0.234 e. The van der Waals surface area contributed by atoms with E-state index in [2.05, 4.69) is 17.6 Å². The molecule has 1 amide bonds. The Kier molecular flexibility index (Phi) is 3.80. The van der Waals surface area contributed by atoms with Gasteiger partial charge in [-0.3, -0.25) is 10.2 Å². The molecule has 3 nitrogen and oxygen atoms in total. The maximum absolute atomic E-state index is 10.9. The number of nitrogens with two attached hydrogens (primary N) is 1. The molecule has 0 aromatic carbocycles. The first-order valence-electron chi connectivity index (χ1n) is 4.47. The van der Waals surface area contributed by atoms with Crippen LogP contribution in [0.4, 0.5) is 0 Å². The summed E-state index contributed by atoms with van der Waals surface area (Å²) in [5.74, 6) is 5.49. The second kappa shape index (κ2) is 4.93. The molecule has 3 N–H and O–H groups in total. The van der Waals surface area contributed by atoms with Crippen LogP contribution in [0.2, 0.25) is 0 Å². The third kappa shape index (κ3) is 3.05. The standard InChI is InChI=1S/C9H16N2O/c10-11-9(12)7-8-5-3-1-2-4-6-8/h1-2,8H,3-7,10H2,(H,11,12). The molecule has 0 saturated carbocycles. The fourth-order valence-electron chi connectivity index (χ4n) is 1.57. The second-order valence-electron chi connectivity index (χ2n) is 3.26. The summed E-state index contributed by atoms with van der Waals surface area (Å²) in [5, 5.41) is 0. The minimum atomic E-state index is -0.0399. The summed E-state index contributed by atoms with van der Waals surface area (Å²) in [6.07, 6.45) is 9.40. The van der Waals surface area contributed by atoms with Gasteiger partial charge < -0.3 is 0 Å².